The fraction of sp³-hybridized carbons (Fsp3) is 0.900. The van der Waals surface area contributed by atoms with Gasteiger partial charge in [-0.15, -0.1) is 0 Å². The van der Waals surface area contributed by atoms with Gasteiger partial charge in [0.05, 0.1) is 11.3 Å². The summed E-state index contributed by atoms with van der Waals surface area (Å²) in [5.74, 6) is -1.78. The van der Waals surface area contributed by atoms with Crippen LogP contribution < -0.4 is 0 Å². The van der Waals surface area contributed by atoms with Gasteiger partial charge in [-0.2, -0.15) is 0 Å². The van der Waals surface area contributed by atoms with Gasteiger partial charge in [0.2, 0.25) is 0 Å². The molecular weight excluding hydrogens is 304 g/mol. The second kappa shape index (κ2) is 10.7. The molecule has 0 aromatic heterocycles. The number of aliphatic carboxylic acids is 2. The maximum atomic E-state index is 12.2. The Morgan fingerprint density at radius 3 is 2.12 bits per heavy atom. The summed E-state index contributed by atoms with van der Waals surface area (Å²) in [5, 5.41) is 19.4. The highest BCUT2D eigenvalue weighted by Crippen LogP contribution is 2.49. The van der Waals surface area contributed by atoms with Gasteiger partial charge in [-0.25, -0.2) is 0 Å². The van der Waals surface area contributed by atoms with E-state index < -0.39 is 17.4 Å². The molecule has 0 aromatic carbocycles. The molecule has 1 aliphatic rings. The molecule has 0 spiro atoms. The molecule has 1 aliphatic carbocycles. The fourth-order valence-corrected chi connectivity index (χ4v) is 4.34. The highest BCUT2D eigenvalue weighted by atomic mass is 16.4. The third-order valence-electron chi connectivity index (χ3n) is 5.95. The van der Waals surface area contributed by atoms with Crippen LogP contribution in [-0.4, -0.2) is 22.2 Å². The van der Waals surface area contributed by atoms with Gasteiger partial charge in [0.25, 0.3) is 0 Å². The van der Waals surface area contributed by atoms with E-state index in [0.717, 1.165) is 51.4 Å². The van der Waals surface area contributed by atoms with Crippen LogP contribution in [0.1, 0.15) is 97.3 Å². The zero-order valence-corrected chi connectivity index (χ0v) is 15.6. The minimum Gasteiger partial charge on any atom is -0.481 e. The van der Waals surface area contributed by atoms with Crippen LogP contribution in [-0.2, 0) is 9.59 Å². The van der Waals surface area contributed by atoms with E-state index in [4.69, 9.17) is 0 Å². The first-order valence-corrected chi connectivity index (χ1v) is 9.94. The van der Waals surface area contributed by atoms with Crippen LogP contribution in [0.25, 0.3) is 0 Å². The number of rotatable bonds is 12. The van der Waals surface area contributed by atoms with Gasteiger partial charge in [0.15, 0.2) is 0 Å². The van der Waals surface area contributed by atoms with E-state index in [1.165, 1.54) is 6.42 Å². The zero-order chi connectivity index (χ0) is 18.0. The van der Waals surface area contributed by atoms with Crippen molar-refractivity contribution in [3.63, 3.8) is 0 Å². The first-order chi connectivity index (χ1) is 11.5. The van der Waals surface area contributed by atoms with E-state index in [0.29, 0.717) is 25.7 Å². The number of unbranched alkanes of at least 4 members (excludes halogenated alkanes) is 6. The van der Waals surface area contributed by atoms with E-state index in [1.54, 1.807) is 0 Å². The molecule has 1 saturated carbocycles. The molecule has 0 bridgehead atoms. The quantitative estimate of drug-likeness (QED) is 0.460. The van der Waals surface area contributed by atoms with Gasteiger partial charge in [0.1, 0.15) is 0 Å². The average molecular weight is 341 g/mol. The second-order valence-corrected chi connectivity index (χ2v) is 7.63. The van der Waals surface area contributed by atoms with Gasteiger partial charge in [-0.05, 0) is 38.0 Å². The molecule has 0 aliphatic heterocycles. The lowest BCUT2D eigenvalue weighted by molar-refractivity contribution is -0.161. The Morgan fingerprint density at radius 2 is 1.58 bits per heavy atom. The van der Waals surface area contributed by atoms with Crippen LogP contribution in [0.2, 0.25) is 0 Å². The van der Waals surface area contributed by atoms with Crippen LogP contribution in [0.5, 0.6) is 0 Å². The molecule has 1 fully saturated rings. The van der Waals surface area contributed by atoms with Gasteiger partial charge >= 0.3 is 11.9 Å². The molecule has 0 saturated heterocycles. The van der Waals surface area contributed by atoms with Gasteiger partial charge in [0, 0.05) is 0 Å². The Kier molecular flexibility index (Phi) is 9.38. The maximum absolute atomic E-state index is 12.2. The summed E-state index contributed by atoms with van der Waals surface area (Å²) in [5.41, 5.74) is -0.689. The number of hydrogen-bond acceptors (Lipinski definition) is 2. The first-order valence-electron chi connectivity index (χ1n) is 9.94. The summed E-state index contributed by atoms with van der Waals surface area (Å²) in [6.45, 7) is 4.32. The zero-order valence-electron chi connectivity index (χ0n) is 15.6. The topological polar surface area (TPSA) is 74.6 Å². The molecule has 1 rings (SSSR count). The summed E-state index contributed by atoms with van der Waals surface area (Å²) in [4.78, 5) is 23.6. The van der Waals surface area contributed by atoms with E-state index in [1.807, 2.05) is 0 Å². The number of hydrogen-bond donors (Lipinski definition) is 2. The van der Waals surface area contributed by atoms with E-state index in [-0.39, 0.29) is 11.8 Å². The summed E-state index contributed by atoms with van der Waals surface area (Å²) in [6.07, 6.45) is 12.0. The second-order valence-electron chi connectivity index (χ2n) is 7.63. The van der Waals surface area contributed by atoms with E-state index in [2.05, 4.69) is 13.8 Å². The predicted molar refractivity (Wildman–Crippen MR) is 96.1 cm³/mol. The lowest BCUT2D eigenvalue weighted by Gasteiger charge is -2.43. The number of carbonyl (C=O) groups is 2. The smallest absolute Gasteiger partial charge is 0.309 e. The Morgan fingerprint density at radius 1 is 0.958 bits per heavy atom. The molecule has 2 N–H and O–H groups in total. The Bertz CT molecular complexity index is 393. The molecule has 3 atom stereocenters. The normalized spacial score (nSPS) is 27.1. The minimum atomic E-state index is -0.751. The van der Waals surface area contributed by atoms with Crippen molar-refractivity contribution in [3.8, 4) is 0 Å². The Labute approximate surface area is 147 Å². The summed E-state index contributed by atoms with van der Waals surface area (Å²) in [7, 11) is 0. The third-order valence-corrected chi connectivity index (χ3v) is 5.95. The molecule has 0 amide bonds. The van der Waals surface area contributed by atoms with Crippen molar-refractivity contribution in [1.29, 1.82) is 0 Å². The van der Waals surface area contributed by atoms with Crippen molar-refractivity contribution < 1.29 is 19.8 Å². The average Bonchev–Trinajstić information content (AvgIpc) is 2.56. The molecule has 140 valence electrons. The van der Waals surface area contributed by atoms with Crippen molar-refractivity contribution in [2.75, 3.05) is 0 Å². The van der Waals surface area contributed by atoms with Gasteiger partial charge in [-0.3, -0.25) is 9.59 Å². The molecule has 4 heteroatoms. The monoisotopic (exact) mass is 340 g/mol. The van der Waals surface area contributed by atoms with Crippen LogP contribution in [0, 0.1) is 17.3 Å². The number of carboxylic acid groups (broad SMARTS) is 2. The van der Waals surface area contributed by atoms with Gasteiger partial charge in [-0.1, -0.05) is 65.2 Å². The molecule has 0 aromatic rings. The summed E-state index contributed by atoms with van der Waals surface area (Å²) in [6, 6.07) is 0. The lowest BCUT2D eigenvalue weighted by Crippen LogP contribution is -2.44. The van der Waals surface area contributed by atoms with Crippen molar-refractivity contribution in [1.82, 2.24) is 0 Å². The van der Waals surface area contributed by atoms with Crippen LogP contribution in [0.4, 0.5) is 0 Å². The molecule has 24 heavy (non-hydrogen) atoms. The molecule has 3 unspecified atom stereocenters. The molecule has 4 nitrogen and oxygen atoms in total. The van der Waals surface area contributed by atoms with Crippen LogP contribution >= 0.6 is 0 Å². The van der Waals surface area contributed by atoms with E-state index in [9.17, 15) is 19.8 Å². The third kappa shape index (κ3) is 5.78. The predicted octanol–water partition coefficient (Wildman–Crippen LogP) is 5.50. The highest BCUT2D eigenvalue weighted by molar-refractivity contribution is 5.76. The molecular formula is C20H36O4. The molecule has 0 radical (unpaired) electrons. The van der Waals surface area contributed by atoms with Gasteiger partial charge < -0.3 is 10.2 Å². The van der Waals surface area contributed by atoms with Crippen molar-refractivity contribution >= 4 is 11.9 Å². The van der Waals surface area contributed by atoms with Crippen LogP contribution in [0.15, 0.2) is 0 Å². The first kappa shape index (κ1) is 21.0. The Hall–Kier alpha value is -1.06. The summed E-state index contributed by atoms with van der Waals surface area (Å²) >= 11 is 0. The highest BCUT2D eigenvalue weighted by Gasteiger charge is 2.49. The Balaban J connectivity index is 2.80. The van der Waals surface area contributed by atoms with Crippen molar-refractivity contribution in [3.05, 3.63) is 0 Å². The van der Waals surface area contributed by atoms with Crippen molar-refractivity contribution in [2.24, 2.45) is 17.3 Å². The van der Waals surface area contributed by atoms with Crippen LogP contribution in [0.3, 0.4) is 0 Å². The summed E-state index contributed by atoms with van der Waals surface area (Å²) < 4.78 is 0. The van der Waals surface area contributed by atoms with E-state index >= 15 is 0 Å². The number of carboxylic acids is 2. The molecule has 0 heterocycles. The lowest BCUT2D eigenvalue weighted by atomic mass is 9.59. The minimum absolute atomic E-state index is 0.0170. The SMILES string of the molecule is CCCCCCC1CC(C(=O)O)CCC1(CCCCCC)C(=O)O. The van der Waals surface area contributed by atoms with Crippen molar-refractivity contribution in [2.45, 2.75) is 97.3 Å². The maximum Gasteiger partial charge on any atom is 0.309 e. The standard InChI is InChI=1S/C20H36O4/c1-3-5-7-9-11-17-15-16(18(21)22)12-14-20(17,19(23)24)13-10-8-6-4-2/h16-17H,3-15H2,1-2H3,(H,21,22)(H,23,24). The largest absolute Gasteiger partial charge is 0.481 e. The fourth-order valence-electron chi connectivity index (χ4n) is 4.34.